The van der Waals surface area contributed by atoms with Crippen molar-refractivity contribution in [1.29, 1.82) is 0 Å². The predicted octanol–water partition coefficient (Wildman–Crippen LogP) is 6.49. The first-order valence-corrected chi connectivity index (χ1v) is 14.1. The van der Waals surface area contributed by atoms with E-state index in [4.69, 9.17) is 9.84 Å². The molecular formula is C34H39NO4. The zero-order chi connectivity index (χ0) is 27.6. The van der Waals surface area contributed by atoms with E-state index in [1.165, 1.54) is 45.1 Å². The number of rotatable bonds is 5. The van der Waals surface area contributed by atoms with E-state index in [1.54, 1.807) is 73.7 Å². The van der Waals surface area contributed by atoms with E-state index in [2.05, 4.69) is 30.1 Å². The minimum atomic E-state index is -0.899. The SMILES string of the molecule is CC(C(=O)O)c1cccc(C(=O)c2ccccc2)c1.COc1ccc2c(c1)[C@@]13CCCCC1[C@@H](C2)N(C)CC3. The highest BCUT2D eigenvalue weighted by Crippen LogP contribution is 2.55. The van der Waals surface area contributed by atoms with Crippen LogP contribution in [0.15, 0.2) is 72.8 Å². The fourth-order valence-electron chi connectivity index (χ4n) is 7.15. The summed E-state index contributed by atoms with van der Waals surface area (Å²) in [6, 6.07) is 23.3. The number of fused-ring (bicyclic) bond motifs is 1. The second-order valence-corrected chi connectivity index (χ2v) is 11.4. The van der Waals surface area contributed by atoms with Crippen LogP contribution in [0.1, 0.15) is 77.6 Å². The molecular weight excluding hydrogens is 486 g/mol. The number of ether oxygens (including phenoxy) is 1. The fourth-order valence-corrected chi connectivity index (χ4v) is 7.15. The molecule has 1 saturated heterocycles. The van der Waals surface area contributed by atoms with E-state index in [-0.39, 0.29) is 5.78 Å². The van der Waals surface area contributed by atoms with Crippen LogP contribution in [0.4, 0.5) is 0 Å². The summed E-state index contributed by atoms with van der Waals surface area (Å²) < 4.78 is 5.51. The average molecular weight is 526 g/mol. The Morgan fingerprint density at radius 3 is 2.49 bits per heavy atom. The van der Waals surface area contributed by atoms with E-state index >= 15 is 0 Å². The van der Waals surface area contributed by atoms with Gasteiger partial charge in [0.2, 0.25) is 0 Å². The number of likely N-dealkylation sites (N-methyl/N-ethyl adjacent to an activating group) is 1. The van der Waals surface area contributed by atoms with Gasteiger partial charge in [-0.2, -0.15) is 0 Å². The number of carboxylic acid groups (broad SMARTS) is 1. The van der Waals surface area contributed by atoms with Gasteiger partial charge in [-0.05, 0) is 87.0 Å². The number of carbonyl (C=O) groups is 2. The molecule has 0 radical (unpaired) electrons. The molecule has 2 aliphatic carbocycles. The molecule has 2 bridgehead atoms. The number of aliphatic carboxylic acids is 1. The zero-order valence-corrected chi connectivity index (χ0v) is 23.2. The van der Waals surface area contributed by atoms with Gasteiger partial charge < -0.3 is 14.7 Å². The monoisotopic (exact) mass is 525 g/mol. The highest BCUT2D eigenvalue weighted by atomic mass is 16.5. The first-order chi connectivity index (χ1) is 18.8. The Kier molecular flexibility index (Phi) is 7.90. The van der Waals surface area contributed by atoms with Crippen molar-refractivity contribution in [2.24, 2.45) is 5.92 Å². The lowest BCUT2D eigenvalue weighted by atomic mass is 9.52. The van der Waals surface area contributed by atoms with Gasteiger partial charge in [-0.15, -0.1) is 0 Å². The Bertz CT molecular complexity index is 1340. The van der Waals surface area contributed by atoms with E-state index in [0.29, 0.717) is 22.1 Å². The molecule has 3 aromatic rings. The van der Waals surface area contributed by atoms with Gasteiger partial charge in [0.1, 0.15) is 5.75 Å². The van der Waals surface area contributed by atoms with Gasteiger partial charge in [0, 0.05) is 22.6 Å². The summed E-state index contributed by atoms with van der Waals surface area (Å²) in [4.78, 5) is 25.8. The number of nitrogens with zero attached hydrogens (tertiary/aromatic N) is 1. The van der Waals surface area contributed by atoms with E-state index in [9.17, 15) is 9.59 Å². The number of ketones is 1. The highest BCUT2D eigenvalue weighted by molar-refractivity contribution is 6.09. The summed E-state index contributed by atoms with van der Waals surface area (Å²) in [5.41, 5.74) is 5.41. The number of carbonyl (C=O) groups excluding carboxylic acids is 1. The highest BCUT2D eigenvalue weighted by Gasteiger charge is 2.53. The molecule has 0 aromatic heterocycles. The number of hydrogen-bond acceptors (Lipinski definition) is 4. The normalized spacial score (nSPS) is 24.3. The summed E-state index contributed by atoms with van der Waals surface area (Å²) in [5, 5.41) is 9.00. The molecule has 1 aliphatic heterocycles. The lowest BCUT2D eigenvalue weighted by Crippen LogP contribution is -2.59. The molecule has 1 heterocycles. The molecule has 1 saturated carbocycles. The maximum absolute atomic E-state index is 12.2. The van der Waals surface area contributed by atoms with Crippen LogP contribution in [0.3, 0.4) is 0 Å². The van der Waals surface area contributed by atoms with Crippen LogP contribution in [0.25, 0.3) is 0 Å². The topological polar surface area (TPSA) is 66.8 Å². The van der Waals surface area contributed by atoms with Crippen molar-refractivity contribution >= 4 is 11.8 Å². The zero-order valence-electron chi connectivity index (χ0n) is 23.2. The van der Waals surface area contributed by atoms with E-state index in [0.717, 1.165) is 17.7 Å². The predicted molar refractivity (Wildman–Crippen MR) is 154 cm³/mol. The van der Waals surface area contributed by atoms with Crippen molar-refractivity contribution in [2.75, 3.05) is 20.7 Å². The van der Waals surface area contributed by atoms with Crippen LogP contribution < -0.4 is 4.74 Å². The Morgan fingerprint density at radius 2 is 1.74 bits per heavy atom. The van der Waals surface area contributed by atoms with Crippen molar-refractivity contribution in [2.45, 2.75) is 62.8 Å². The molecule has 3 aliphatic rings. The van der Waals surface area contributed by atoms with Gasteiger partial charge in [0.25, 0.3) is 0 Å². The largest absolute Gasteiger partial charge is 0.497 e. The van der Waals surface area contributed by atoms with Crippen molar-refractivity contribution in [3.63, 3.8) is 0 Å². The number of likely N-dealkylation sites (tertiary alicyclic amines) is 1. The van der Waals surface area contributed by atoms with E-state index < -0.39 is 11.9 Å². The molecule has 1 N–H and O–H groups in total. The smallest absolute Gasteiger partial charge is 0.310 e. The van der Waals surface area contributed by atoms with Crippen LogP contribution in [0, 0.1) is 5.92 Å². The third kappa shape index (κ3) is 5.25. The maximum Gasteiger partial charge on any atom is 0.310 e. The standard InChI is InChI=1S/C18H25NO.C16H14O3/c1-19-10-9-18-8-4-3-5-15(18)17(19)11-13-6-7-14(20-2)12-16(13)18;1-11(16(18)19)13-8-5-9-14(10-13)15(17)12-6-3-2-4-7-12/h6-7,12,15,17H,3-5,8-11H2,1-2H3;2-11H,1H3,(H,18,19)/t15?,17-,18-;/m1./s1. The minimum Gasteiger partial charge on any atom is -0.497 e. The second-order valence-electron chi connectivity index (χ2n) is 11.4. The second kappa shape index (κ2) is 11.4. The van der Waals surface area contributed by atoms with Crippen molar-refractivity contribution in [1.82, 2.24) is 4.90 Å². The van der Waals surface area contributed by atoms with Crippen molar-refractivity contribution < 1.29 is 19.4 Å². The molecule has 6 rings (SSSR count). The minimum absolute atomic E-state index is 0.0972. The van der Waals surface area contributed by atoms with Gasteiger partial charge in [0.05, 0.1) is 13.0 Å². The summed E-state index contributed by atoms with van der Waals surface area (Å²) in [7, 11) is 4.12. The summed E-state index contributed by atoms with van der Waals surface area (Å²) in [6.07, 6.45) is 8.22. The first-order valence-electron chi connectivity index (χ1n) is 14.1. The number of methoxy groups -OCH3 is 1. The van der Waals surface area contributed by atoms with Crippen LogP contribution in [0.2, 0.25) is 0 Å². The molecule has 39 heavy (non-hydrogen) atoms. The lowest BCUT2D eigenvalue weighted by molar-refractivity contribution is -0.138. The number of carboxylic acids is 1. The van der Waals surface area contributed by atoms with Gasteiger partial charge in [0.15, 0.2) is 5.78 Å². The molecule has 4 atom stereocenters. The molecule has 5 heteroatoms. The third-order valence-electron chi connectivity index (χ3n) is 9.38. The Hall–Kier alpha value is -3.44. The van der Waals surface area contributed by atoms with Crippen LogP contribution in [-0.2, 0) is 16.6 Å². The molecule has 2 fully saturated rings. The quantitative estimate of drug-likeness (QED) is 0.386. The van der Waals surface area contributed by atoms with Gasteiger partial charge in [-0.3, -0.25) is 9.59 Å². The molecule has 2 unspecified atom stereocenters. The van der Waals surface area contributed by atoms with Crippen LogP contribution in [-0.4, -0.2) is 48.5 Å². The molecule has 3 aromatic carbocycles. The number of hydrogen-bond donors (Lipinski definition) is 1. The van der Waals surface area contributed by atoms with Crippen molar-refractivity contribution in [3.05, 3.63) is 101 Å². The van der Waals surface area contributed by atoms with Gasteiger partial charge in [-0.25, -0.2) is 0 Å². The lowest BCUT2D eigenvalue weighted by Gasteiger charge is -2.58. The summed E-state index contributed by atoms with van der Waals surface area (Å²) >= 11 is 0. The Labute approximate surface area is 231 Å². The average Bonchev–Trinajstić information content (AvgIpc) is 2.98. The first kappa shape index (κ1) is 27.1. The molecule has 0 spiro atoms. The van der Waals surface area contributed by atoms with E-state index in [1.807, 2.05) is 6.07 Å². The van der Waals surface area contributed by atoms with Crippen molar-refractivity contribution in [3.8, 4) is 5.75 Å². The summed E-state index contributed by atoms with van der Waals surface area (Å²) in [6.45, 7) is 2.87. The fraction of sp³-hybridized carbons (Fsp3) is 0.412. The number of piperidine rings is 1. The number of benzene rings is 3. The Balaban J connectivity index is 0.000000158. The Morgan fingerprint density at radius 1 is 0.974 bits per heavy atom. The third-order valence-corrected chi connectivity index (χ3v) is 9.38. The van der Waals surface area contributed by atoms with Crippen LogP contribution in [0.5, 0.6) is 5.75 Å². The molecule has 204 valence electrons. The maximum atomic E-state index is 12.2. The molecule has 5 nitrogen and oxygen atoms in total. The summed E-state index contributed by atoms with van der Waals surface area (Å²) in [5.74, 6) is 0.294. The molecule has 0 amide bonds. The van der Waals surface area contributed by atoms with Gasteiger partial charge >= 0.3 is 5.97 Å². The van der Waals surface area contributed by atoms with Crippen LogP contribution >= 0.6 is 0 Å². The van der Waals surface area contributed by atoms with Gasteiger partial charge in [-0.1, -0.05) is 67.4 Å².